The molecule has 29 heavy (non-hydrogen) atoms. The normalized spacial score (nSPS) is 22.5. The summed E-state index contributed by atoms with van der Waals surface area (Å²) >= 11 is 24.4. The summed E-state index contributed by atoms with van der Waals surface area (Å²) in [7, 11) is 1.28. The highest BCUT2D eigenvalue weighted by molar-refractivity contribution is 6.70. The highest BCUT2D eigenvalue weighted by atomic mass is 35.6. The maximum absolute atomic E-state index is 14.4. The molecule has 3 amide bonds. The van der Waals surface area contributed by atoms with Gasteiger partial charge in [0.1, 0.15) is 17.4 Å². The molecular weight excluding hydrogens is 469 g/mol. The van der Waals surface area contributed by atoms with Gasteiger partial charge in [-0.2, -0.15) is 0 Å². The summed E-state index contributed by atoms with van der Waals surface area (Å²) in [6.07, 6.45) is -0.972. The Bertz CT molecular complexity index is 829. The summed E-state index contributed by atoms with van der Waals surface area (Å²) in [5.41, 5.74) is -0.116. The molecule has 1 aromatic carbocycles. The number of aliphatic imine (C=N–C) groups is 1. The topological polar surface area (TPSA) is 65.5 Å². The number of morpholine rings is 1. The lowest BCUT2D eigenvalue weighted by atomic mass is 10.2. The highest BCUT2D eigenvalue weighted by Crippen LogP contribution is 2.38. The molecule has 158 valence electrons. The van der Waals surface area contributed by atoms with E-state index in [1.54, 1.807) is 4.90 Å². The summed E-state index contributed by atoms with van der Waals surface area (Å²) < 4.78 is 17.8. The predicted octanol–water partition coefficient (Wildman–Crippen LogP) is 3.26. The number of nitrogens with zero attached hydrogens (tertiary/aromatic N) is 4. The van der Waals surface area contributed by atoms with Crippen molar-refractivity contribution in [2.24, 2.45) is 4.99 Å². The first kappa shape index (κ1) is 22.5. The molecule has 0 bridgehead atoms. The van der Waals surface area contributed by atoms with Crippen molar-refractivity contribution in [3.8, 4) is 0 Å². The van der Waals surface area contributed by atoms with Gasteiger partial charge < -0.3 is 4.74 Å². The third kappa shape index (κ3) is 4.62. The molecule has 2 saturated heterocycles. The number of benzene rings is 1. The van der Waals surface area contributed by atoms with Crippen LogP contribution in [0.15, 0.2) is 29.3 Å². The van der Waals surface area contributed by atoms with E-state index in [0.717, 1.165) is 9.80 Å². The number of hydrogen-bond acceptors (Lipinski definition) is 5. The summed E-state index contributed by atoms with van der Waals surface area (Å²) in [5.74, 6) is -1.72. The Hall–Kier alpha value is -1.16. The first-order chi connectivity index (χ1) is 13.6. The van der Waals surface area contributed by atoms with Gasteiger partial charge in [-0.15, -0.1) is 11.6 Å². The standard InChI is InChI=1S/C17H17Cl4FN4O3/c1-24-15(27)14(26(16(24)28)11-5-3-2-4-10(11)22)23-13(12(18)17(19,20)21)25-6-8-29-9-7-25/h2-5,12-13H,6-9H2,1H3. The number of likely N-dealkylation sites (N-methyl/N-ethyl adjacent to an activating group) is 1. The number of rotatable bonds is 4. The van der Waals surface area contributed by atoms with E-state index in [9.17, 15) is 14.0 Å². The van der Waals surface area contributed by atoms with E-state index in [1.807, 2.05) is 0 Å². The van der Waals surface area contributed by atoms with Crippen LogP contribution >= 0.6 is 46.4 Å². The SMILES string of the molecule is CN1C(=O)C(=NC(C(Cl)C(Cl)(Cl)Cl)N2CCOCC2)N(c2ccccc2F)C1=O. The summed E-state index contributed by atoms with van der Waals surface area (Å²) in [6.45, 7) is 1.63. The van der Waals surface area contributed by atoms with Crippen LogP contribution in [0.1, 0.15) is 0 Å². The van der Waals surface area contributed by atoms with Gasteiger partial charge in [0, 0.05) is 20.1 Å². The predicted molar refractivity (Wildman–Crippen MR) is 111 cm³/mol. The maximum atomic E-state index is 14.4. The van der Waals surface area contributed by atoms with E-state index in [1.165, 1.54) is 31.3 Å². The van der Waals surface area contributed by atoms with Gasteiger partial charge in [0.2, 0.25) is 9.63 Å². The van der Waals surface area contributed by atoms with Crippen LogP contribution in [0.2, 0.25) is 0 Å². The van der Waals surface area contributed by atoms with E-state index in [-0.39, 0.29) is 11.5 Å². The minimum atomic E-state index is -1.91. The number of amides is 3. The molecule has 2 unspecified atom stereocenters. The fourth-order valence-electron chi connectivity index (χ4n) is 3.00. The van der Waals surface area contributed by atoms with Gasteiger partial charge in [-0.05, 0) is 12.1 Å². The Morgan fingerprint density at radius 1 is 1.17 bits per heavy atom. The molecule has 0 N–H and O–H groups in total. The number of imide groups is 1. The number of para-hydroxylation sites is 1. The van der Waals surface area contributed by atoms with Crippen LogP contribution in [0.3, 0.4) is 0 Å². The lowest BCUT2D eigenvalue weighted by molar-refractivity contribution is -0.119. The minimum absolute atomic E-state index is 0.116. The van der Waals surface area contributed by atoms with Gasteiger partial charge in [0.25, 0.3) is 5.91 Å². The van der Waals surface area contributed by atoms with Gasteiger partial charge in [-0.25, -0.2) is 19.1 Å². The summed E-state index contributed by atoms with van der Waals surface area (Å²) in [6, 6.07) is 4.80. The smallest absolute Gasteiger partial charge is 0.337 e. The monoisotopic (exact) mass is 484 g/mol. The number of hydrogen-bond donors (Lipinski definition) is 0. The lowest BCUT2D eigenvalue weighted by Gasteiger charge is -2.36. The van der Waals surface area contributed by atoms with Crippen molar-refractivity contribution < 1.29 is 18.7 Å². The van der Waals surface area contributed by atoms with Crippen molar-refractivity contribution in [3.63, 3.8) is 0 Å². The Morgan fingerprint density at radius 2 is 1.79 bits per heavy atom. The second-order valence-corrected chi connectivity index (χ2v) is 9.23. The largest absolute Gasteiger partial charge is 0.379 e. The van der Waals surface area contributed by atoms with Gasteiger partial charge in [0.15, 0.2) is 0 Å². The van der Waals surface area contributed by atoms with Crippen LogP contribution in [0, 0.1) is 5.82 Å². The van der Waals surface area contributed by atoms with Crippen molar-refractivity contribution in [2.75, 3.05) is 38.3 Å². The lowest BCUT2D eigenvalue weighted by Crippen LogP contribution is -2.51. The zero-order valence-electron chi connectivity index (χ0n) is 15.2. The van der Waals surface area contributed by atoms with Gasteiger partial charge in [-0.1, -0.05) is 46.9 Å². The fraction of sp³-hybridized carbons (Fsp3) is 0.471. The zero-order chi connectivity index (χ0) is 21.3. The molecule has 2 atom stereocenters. The molecule has 2 aliphatic rings. The summed E-state index contributed by atoms with van der Waals surface area (Å²) in [5, 5.41) is -1.16. The molecule has 1 aromatic rings. The molecule has 0 saturated carbocycles. The molecule has 0 aliphatic carbocycles. The first-order valence-electron chi connectivity index (χ1n) is 8.60. The average molecular weight is 486 g/mol. The van der Waals surface area contributed by atoms with E-state index < -0.39 is 33.1 Å². The number of halogens is 5. The Morgan fingerprint density at radius 3 is 2.38 bits per heavy atom. The molecular formula is C17H17Cl4FN4O3. The van der Waals surface area contributed by atoms with Crippen LogP contribution in [0.4, 0.5) is 14.9 Å². The van der Waals surface area contributed by atoms with Crippen LogP contribution in [0.25, 0.3) is 0 Å². The van der Waals surface area contributed by atoms with Gasteiger partial charge in [0.05, 0.1) is 18.9 Å². The number of alkyl halides is 4. The molecule has 2 fully saturated rings. The van der Waals surface area contributed by atoms with Crippen LogP contribution < -0.4 is 4.90 Å². The third-order valence-corrected chi connectivity index (χ3v) is 6.12. The van der Waals surface area contributed by atoms with E-state index in [2.05, 4.69) is 4.99 Å². The van der Waals surface area contributed by atoms with Gasteiger partial charge in [-0.3, -0.25) is 14.6 Å². The van der Waals surface area contributed by atoms with Crippen molar-refractivity contribution in [1.82, 2.24) is 9.80 Å². The maximum Gasteiger partial charge on any atom is 0.337 e. The molecule has 0 radical (unpaired) electrons. The fourth-order valence-corrected chi connectivity index (χ4v) is 3.56. The van der Waals surface area contributed by atoms with Crippen LogP contribution in [-0.4, -0.2) is 76.3 Å². The Kier molecular flexibility index (Phi) is 6.92. The van der Waals surface area contributed by atoms with Crippen LogP contribution in [0.5, 0.6) is 0 Å². The molecule has 0 aromatic heterocycles. The zero-order valence-corrected chi connectivity index (χ0v) is 18.2. The number of amidine groups is 1. The van der Waals surface area contributed by atoms with Crippen molar-refractivity contribution in [2.45, 2.75) is 15.3 Å². The average Bonchev–Trinajstić information content (AvgIpc) is 2.89. The highest BCUT2D eigenvalue weighted by Gasteiger charge is 2.46. The second kappa shape index (κ2) is 8.91. The molecule has 0 spiro atoms. The summed E-state index contributed by atoms with van der Waals surface area (Å²) in [4.78, 5) is 33.3. The second-order valence-electron chi connectivity index (χ2n) is 6.39. The van der Waals surface area contributed by atoms with Crippen molar-refractivity contribution >= 4 is 69.9 Å². The number of ether oxygens (including phenoxy) is 1. The molecule has 12 heteroatoms. The third-order valence-electron chi connectivity index (χ3n) is 4.53. The number of anilines is 1. The molecule has 2 heterocycles. The quantitative estimate of drug-likeness (QED) is 0.485. The molecule has 7 nitrogen and oxygen atoms in total. The van der Waals surface area contributed by atoms with Crippen LogP contribution in [-0.2, 0) is 9.53 Å². The Labute approximate surface area is 186 Å². The number of carbonyl (C=O) groups is 2. The van der Waals surface area contributed by atoms with E-state index in [0.29, 0.717) is 26.3 Å². The molecule has 3 rings (SSSR count). The van der Waals surface area contributed by atoms with Crippen molar-refractivity contribution in [3.05, 3.63) is 30.1 Å². The number of urea groups is 1. The molecule has 2 aliphatic heterocycles. The van der Waals surface area contributed by atoms with Crippen molar-refractivity contribution in [1.29, 1.82) is 0 Å². The number of carbonyl (C=O) groups excluding carboxylic acids is 2. The Balaban J connectivity index is 2.08. The van der Waals surface area contributed by atoms with E-state index >= 15 is 0 Å². The van der Waals surface area contributed by atoms with E-state index in [4.69, 9.17) is 51.1 Å². The minimum Gasteiger partial charge on any atom is -0.379 e. The van der Waals surface area contributed by atoms with Gasteiger partial charge >= 0.3 is 6.03 Å². The first-order valence-corrected chi connectivity index (χ1v) is 10.2.